The van der Waals surface area contributed by atoms with Gasteiger partial charge in [0.15, 0.2) is 0 Å². The van der Waals surface area contributed by atoms with E-state index in [1.54, 1.807) is 0 Å². The molecular formula is C25H34N2O2. The molecule has 0 fully saturated rings. The van der Waals surface area contributed by atoms with E-state index in [0.717, 1.165) is 54.1 Å². The molecule has 0 unspecified atom stereocenters. The van der Waals surface area contributed by atoms with Crippen LogP contribution in [0.25, 0.3) is 16.6 Å². The predicted octanol–water partition coefficient (Wildman–Crippen LogP) is 6.94. The Morgan fingerprint density at radius 2 is 1.34 bits per heavy atom. The smallest absolute Gasteiger partial charge is 0.120 e. The standard InChI is InChI=1S/C25H34N2O2/c1-3-5-7-9-17-28-23-13-11-22(12-14-23)27-20-21-19-24(15-16-25(21)26-27)29-18-10-8-6-4-2/h11-16,19-20H,3-10,17-18H2,1-2H3. The van der Waals surface area contributed by atoms with Crippen LogP contribution in [0.5, 0.6) is 11.5 Å². The minimum atomic E-state index is 0.777. The van der Waals surface area contributed by atoms with Crippen molar-refractivity contribution in [2.24, 2.45) is 0 Å². The monoisotopic (exact) mass is 394 g/mol. The molecule has 156 valence electrons. The van der Waals surface area contributed by atoms with Crippen molar-refractivity contribution in [2.75, 3.05) is 13.2 Å². The predicted molar refractivity (Wildman–Crippen MR) is 120 cm³/mol. The number of fused-ring (bicyclic) bond motifs is 1. The van der Waals surface area contributed by atoms with Gasteiger partial charge in [-0.05, 0) is 55.3 Å². The zero-order valence-corrected chi connectivity index (χ0v) is 17.9. The Bertz CT molecular complexity index is 855. The van der Waals surface area contributed by atoms with Crippen molar-refractivity contribution in [1.82, 2.24) is 9.78 Å². The minimum absolute atomic E-state index is 0.777. The van der Waals surface area contributed by atoms with Gasteiger partial charge >= 0.3 is 0 Å². The molecule has 29 heavy (non-hydrogen) atoms. The summed E-state index contributed by atoms with van der Waals surface area (Å²) in [6.07, 6.45) is 11.8. The quantitative estimate of drug-likeness (QED) is 0.294. The van der Waals surface area contributed by atoms with Crippen LogP contribution in [0.3, 0.4) is 0 Å². The summed E-state index contributed by atoms with van der Waals surface area (Å²) in [5.74, 6) is 1.83. The molecule has 0 spiro atoms. The molecule has 0 aliphatic carbocycles. The van der Waals surface area contributed by atoms with E-state index < -0.39 is 0 Å². The molecule has 3 aromatic rings. The first kappa shape index (κ1) is 21.2. The van der Waals surface area contributed by atoms with Crippen LogP contribution in [0.4, 0.5) is 0 Å². The maximum atomic E-state index is 5.90. The molecule has 4 heteroatoms. The van der Waals surface area contributed by atoms with Gasteiger partial charge in [0.2, 0.25) is 0 Å². The molecule has 1 aromatic heterocycles. The maximum absolute atomic E-state index is 5.90. The summed E-state index contributed by atoms with van der Waals surface area (Å²) < 4.78 is 13.7. The van der Waals surface area contributed by atoms with Gasteiger partial charge in [-0.25, -0.2) is 4.68 Å². The summed E-state index contributed by atoms with van der Waals surface area (Å²) in [5.41, 5.74) is 2.00. The molecule has 0 atom stereocenters. The molecule has 0 radical (unpaired) electrons. The van der Waals surface area contributed by atoms with E-state index in [0.29, 0.717) is 0 Å². The SMILES string of the molecule is CCCCCCOc1ccc(-n2cc3cc(OCCCCCC)ccc3n2)cc1. The lowest BCUT2D eigenvalue weighted by molar-refractivity contribution is 0.305. The highest BCUT2D eigenvalue weighted by atomic mass is 16.5. The molecule has 2 aromatic carbocycles. The average Bonchev–Trinajstić information content (AvgIpc) is 3.17. The summed E-state index contributed by atoms with van der Waals surface area (Å²) in [7, 11) is 0. The van der Waals surface area contributed by atoms with Gasteiger partial charge in [-0.3, -0.25) is 0 Å². The van der Waals surface area contributed by atoms with Crippen molar-refractivity contribution in [3.63, 3.8) is 0 Å². The van der Waals surface area contributed by atoms with Crippen LogP contribution >= 0.6 is 0 Å². The van der Waals surface area contributed by atoms with Crippen molar-refractivity contribution < 1.29 is 9.47 Å². The topological polar surface area (TPSA) is 36.3 Å². The van der Waals surface area contributed by atoms with Gasteiger partial charge in [0.1, 0.15) is 11.5 Å². The van der Waals surface area contributed by atoms with Gasteiger partial charge in [-0.2, -0.15) is 5.10 Å². The van der Waals surface area contributed by atoms with Crippen molar-refractivity contribution in [3.8, 4) is 17.2 Å². The van der Waals surface area contributed by atoms with Gasteiger partial charge in [-0.15, -0.1) is 0 Å². The Morgan fingerprint density at radius 3 is 2.00 bits per heavy atom. The molecule has 0 N–H and O–H groups in total. The molecule has 0 aliphatic heterocycles. The van der Waals surface area contributed by atoms with E-state index in [1.165, 1.54) is 38.5 Å². The number of rotatable bonds is 13. The first-order chi connectivity index (χ1) is 14.3. The zero-order valence-electron chi connectivity index (χ0n) is 17.9. The number of ether oxygens (including phenoxy) is 2. The highest BCUT2D eigenvalue weighted by Crippen LogP contribution is 2.23. The van der Waals surface area contributed by atoms with Gasteiger partial charge in [-0.1, -0.05) is 52.4 Å². The number of nitrogens with zero attached hydrogens (tertiary/aromatic N) is 2. The van der Waals surface area contributed by atoms with Gasteiger partial charge in [0.05, 0.1) is 24.4 Å². The third-order valence-electron chi connectivity index (χ3n) is 5.11. The van der Waals surface area contributed by atoms with E-state index in [2.05, 4.69) is 38.2 Å². The minimum Gasteiger partial charge on any atom is -0.494 e. The third-order valence-corrected chi connectivity index (χ3v) is 5.11. The number of benzene rings is 2. The van der Waals surface area contributed by atoms with Crippen molar-refractivity contribution in [3.05, 3.63) is 48.7 Å². The second kappa shape index (κ2) is 11.5. The molecule has 0 saturated heterocycles. The zero-order chi connectivity index (χ0) is 20.3. The Hall–Kier alpha value is -2.49. The fourth-order valence-electron chi connectivity index (χ4n) is 3.36. The maximum Gasteiger partial charge on any atom is 0.120 e. The van der Waals surface area contributed by atoms with Crippen LogP contribution in [0, 0.1) is 0 Å². The Morgan fingerprint density at radius 1 is 0.724 bits per heavy atom. The largest absolute Gasteiger partial charge is 0.494 e. The molecule has 1 heterocycles. The lowest BCUT2D eigenvalue weighted by Crippen LogP contribution is -1.98. The van der Waals surface area contributed by atoms with E-state index in [9.17, 15) is 0 Å². The van der Waals surface area contributed by atoms with Crippen LogP contribution in [-0.4, -0.2) is 23.0 Å². The summed E-state index contributed by atoms with van der Waals surface area (Å²) >= 11 is 0. The molecule has 0 bridgehead atoms. The fraction of sp³-hybridized carbons (Fsp3) is 0.480. The molecular weight excluding hydrogens is 360 g/mol. The van der Waals surface area contributed by atoms with E-state index >= 15 is 0 Å². The lowest BCUT2D eigenvalue weighted by atomic mass is 10.2. The van der Waals surface area contributed by atoms with Crippen molar-refractivity contribution in [2.45, 2.75) is 65.2 Å². The summed E-state index contributed by atoms with van der Waals surface area (Å²) in [6, 6.07) is 14.3. The summed E-state index contributed by atoms with van der Waals surface area (Å²) in [4.78, 5) is 0. The van der Waals surface area contributed by atoms with E-state index in [4.69, 9.17) is 14.6 Å². The van der Waals surface area contributed by atoms with Crippen molar-refractivity contribution >= 4 is 10.9 Å². The lowest BCUT2D eigenvalue weighted by Gasteiger charge is -2.07. The van der Waals surface area contributed by atoms with Crippen LogP contribution in [0.2, 0.25) is 0 Å². The summed E-state index contributed by atoms with van der Waals surface area (Å²) in [5, 5.41) is 5.78. The molecule has 0 amide bonds. The second-order valence-corrected chi connectivity index (χ2v) is 7.61. The average molecular weight is 395 g/mol. The Kier molecular flexibility index (Phi) is 8.41. The van der Waals surface area contributed by atoms with Crippen LogP contribution in [0.15, 0.2) is 48.7 Å². The van der Waals surface area contributed by atoms with Gasteiger partial charge in [0.25, 0.3) is 0 Å². The molecule has 3 rings (SSSR count). The van der Waals surface area contributed by atoms with Crippen molar-refractivity contribution in [1.29, 1.82) is 0 Å². The third kappa shape index (κ3) is 6.52. The second-order valence-electron chi connectivity index (χ2n) is 7.61. The number of aromatic nitrogens is 2. The van der Waals surface area contributed by atoms with Crippen LogP contribution in [0.1, 0.15) is 65.2 Å². The Balaban J connectivity index is 1.56. The number of unbranched alkanes of at least 4 members (excludes halogenated alkanes) is 6. The number of hydrogen-bond donors (Lipinski definition) is 0. The first-order valence-electron chi connectivity index (χ1n) is 11.2. The molecule has 0 aliphatic rings. The normalized spacial score (nSPS) is 11.1. The van der Waals surface area contributed by atoms with Gasteiger partial charge < -0.3 is 9.47 Å². The molecule has 4 nitrogen and oxygen atoms in total. The first-order valence-corrected chi connectivity index (χ1v) is 11.2. The fourth-order valence-corrected chi connectivity index (χ4v) is 3.36. The Labute approximate surface area is 174 Å². The van der Waals surface area contributed by atoms with E-state index in [-0.39, 0.29) is 0 Å². The van der Waals surface area contributed by atoms with E-state index in [1.807, 2.05) is 28.9 Å². The van der Waals surface area contributed by atoms with Crippen LogP contribution < -0.4 is 9.47 Å². The summed E-state index contributed by atoms with van der Waals surface area (Å²) in [6.45, 7) is 6.01. The highest BCUT2D eigenvalue weighted by molar-refractivity contribution is 5.80. The van der Waals surface area contributed by atoms with Crippen LogP contribution in [-0.2, 0) is 0 Å². The van der Waals surface area contributed by atoms with Gasteiger partial charge in [0, 0.05) is 11.6 Å². The highest BCUT2D eigenvalue weighted by Gasteiger charge is 2.05. The molecule has 0 saturated carbocycles. The number of hydrogen-bond acceptors (Lipinski definition) is 3.